The van der Waals surface area contributed by atoms with E-state index in [9.17, 15) is 18.0 Å². The normalized spacial score (nSPS) is 11.5. The highest BCUT2D eigenvalue weighted by atomic mass is 32.2. The van der Waals surface area contributed by atoms with Gasteiger partial charge in [-0.1, -0.05) is 11.3 Å². The third-order valence-electron chi connectivity index (χ3n) is 2.99. The molecule has 0 radical (unpaired) electrons. The summed E-state index contributed by atoms with van der Waals surface area (Å²) in [5.74, 6) is 0.185. The van der Waals surface area contributed by atoms with Crippen LogP contribution < -0.4 is 4.90 Å². The standard InChI is InChI=1S/C14H14F3N3OS2/c1-20(10(21)5-7-22-2)13-11(14(15,16)17)19-12(23-13)9-4-3-6-18-8-9/h3-4,6,8H,5,7H2,1-2H3. The fourth-order valence-corrected chi connectivity index (χ4v) is 3.24. The Morgan fingerprint density at radius 1 is 1.43 bits per heavy atom. The van der Waals surface area contributed by atoms with E-state index in [2.05, 4.69) is 9.97 Å². The molecule has 124 valence electrons. The molecule has 2 aromatic rings. The number of pyridine rings is 1. The van der Waals surface area contributed by atoms with Gasteiger partial charge in [0.2, 0.25) is 5.91 Å². The largest absolute Gasteiger partial charge is 0.436 e. The first-order chi connectivity index (χ1) is 10.8. The molecule has 0 saturated heterocycles. The zero-order valence-corrected chi connectivity index (χ0v) is 14.1. The molecule has 4 nitrogen and oxygen atoms in total. The molecule has 0 bridgehead atoms. The van der Waals surface area contributed by atoms with Crippen molar-refractivity contribution < 1.29 is 18.0 Å². The van der Waals surface area contributed by atoms with Gasteiger partial charge in [0, 0.05) is 37.2 Å². The van der Waals surface area contributed by atoms with E-state index < -0.39 is 11.9 Å². The molecule has 23 heavy (non-hydrogen) atoms. The summed E-state index contributed by atoms with van der Waals surface area (Å²) in [5, 5.41) is -0.00704. The number of thioether (sulfide) groups is 1. The van der Waals surface area contributed by atoms with Crippen LogP contribution in [0.1, 0.15) is 12.1 Å². The number of alkyl halides is 3. The van der Waals surface area contributed by atoms with E-state index in [1.807, 2.05) is 6.26 Å². The number of carbonyl (C=O) groups excluding carboxylic acids is 1. The van der Waals surface area contributed by atoms with E-state index in [4.69, 9.17) is 0 Å². The predicted molar refractivity (Wildman–Crippen MR) is 86.8 cm³/mol. The first kappa shape index (κ1) is 17.7. The van der Waals surface area contributed by atoms with E-state index in [0.29, 0.717) is 11.3 Å². The minimum absolute atomic E-state index is 0.176. The number of aromatic nitrogens is 2. The molecule has 0 atom stereocenters. The van der Waals surface area contributed by atoms with Gasteiger partial charge in [-0.05, 0) is 18.4 Å². The number of rotatable bonds is 5. The van der Waals surface area contributed by atoms with E-state index in [0.717, 1.165) is 16.2 Å². The van der Waals surface area contributed by atoms with Crippen LogP contribution in [0.4, 0.5) is 18.2 Å². The Morgan fingerprint density at radius 3 is 2.74 bits per heavy atom. The first-order valence-electron chi connectivity index (χ1n) is 6.58. The molecule has 0 aromatic carbocycles. The molecule has 0 saturated carbocycles. The quantitative estimate of drug-likeness (QED) is 0.809. The van der Waals surface area contributed by atoms with Crippen molar-refractivity contribution in [3.05, 3.63) is 30.2 Å². The van der Waals surface area contributed by atoms with Crippen molar-refractivity contribution in [3.8, 4) is 10.6 Å². The lowest BCUT2D eigenvalue weighted by Crippen LogP contribution is -2.27. The minimum atomic E-state index is -4.62. The molecular formula is C14H14F3N3OS2. The highest BCUT2D eigenvalue weighted by molar-refractivity contribution is 7.98. The number of hydrogen-bond donors (Lipinski definition) is 0. The van der Waals surface area contributed by atoms with E-state index in [-0.39, 0.29) is 22.3 Å². The Labute approximate surface area is 139 Å². The van der Waals surface area contributed by atoms with Gasteiger partial charge >= 0.3 is 6.18 Å². The van der Waals surface area contributed by atoms with Gasteiger partial charge in [-0.15, -0.1) is 0 Å². The molecule has 0 unspecified atom stereocenters. The van der Waals surface area contributed by atoms with Crippen LogP contribution in [-0.2, 0) is 11.0 Å². The number of carbonyl (C=O) groups is 1. The lowest BCUT2D eigenvalue weighted by atomic mass is 10.3. The summed E-state index contributed by atoms with van der Waals surface area (Å²) in [6.45, 7) is 0. The van der Waals surface area contributed by atoms with Crippen molar-refractivity contribution in [2.24, 2.45) is 0 Å². The second kappa shape index (κ2) is 7.31. The van der Waals surface area contributed by atoms with Gasteiger partial charge in [0.25, 0.3) is 0 Å². The molecule has 0 aliphatic rings. The molecule has 0 aliphatic carbocycles. The average Bonchev–Trinajstić information content (AvgIpc) is 2.98. The van der Waals surface area contributed by atoms with E-state index in [1.165, 1.54) is 31.2 Å². The maximum atomic E-state index is 13.2. The molecule has 9 heteroatoms. The van der Waals surface area contributed by atoms with E-state index >= 15 is 0 Å². The van der Waals surface area contributed by atoms with Gasteiger partial charge in [-0.3, -0.25) is 9.78 Å². The van der Waals surface area contributed by atoms with Crippen LogP contribution in [0.3, 0.4) is 0 Å². The first-order valence-corrected chi connectivity index (χ1v) is 8.79. The molecule has 2 heterocycles. The van der Waals surface area contributed by atoms with Gasteiger partial charge in [0.15, 0.2) is 5.69 Å². The number of hydrogen-bond acceptors (Lipinski definition) is 5. The molecule has 0 aliphatic heterocycles. The monoisotopic (exact) mass is 361 g/mol. The SMILES string of the molecule is CSCCC(=O)N(C)c1sc(-c2cccnc2)nc1C(F)(F)F. The van der Waals surface area contributed by atoms with Crippen molar-refractivity contribution in [2.75, 3.05) is 24.0 Å². The van der Waals surface area contributed by atoms with Gasteiger partial charge in [0.1, 0.15) is 10.0 Å². The Morgan fingerprint density at radius 2 is 2.17 bits per heavy atom. The van der Waals surface area contributed by atoms with Crippen molar-refractivity contribution in [1.29, 1.82) is 0 Å². The second-order valence-electron chi connectivity index (χ2n) is 4.61. The Balaban J connectivity index is 2.41. The maximum Gasteiger partial charge on any atom is 0.436 e. The van der Waals surface area contributed by atoms with Crippen molar-refractivity contribution in [3.63, 3.8) is 0 Å². The lowest BCUT2D eigenvalue weighted by Gasteiger charge is -2.17. The van der Waals surface area contributed by atoms with Crippen molar-refractivity contribution in [1.82, 2.24) is 9.97 Å². The van der Waals surface area contributed by atoms with Crippen LogP contribution in [-0.4, -0.2) is 34.9 Å². The van der Waals surface area contributed by atoms with Crippen LogP contribution in [0.5, 0.6) is 0 Å². The summed E-state index contributed by atoms with van der Waals surface area (Å²) >= 11 is 2.30. The Kier molecular flexibility index (Phi) is 5.64. The molecule has 1 amide bonds. The van der Waals surface area contributed by atoms with Gasteiger partial charge in [0.05, 0.1) is 0 Å². The number of anilines is 1. The van der Waals surface area contributed by atoms with Crippen LogP contribution >= 0.6 is 23.1 Å². The summed E-state index contributed by atoms with van der Waals surface area (Å²) < 4.78 is 39.7. The number of thiazole rings is 1. The topological polar surface area (TPSA) is 46.1 Å². The number of amides is 1. The third kappa shape index (κ3) is 4.23. The second-order valence-corrected chi connectivity index (χ2v) is 6.57. The zero-order valence-electron chi connectivity index (χ0n) is 12.4. The van der Waals surface area contributed by atoms with E-state index in [1.54, 1.807) is 12.1 Å². The Hall–Kier alpha value is -1.61. The highest BCUT2D eigenvalue weighted by Crippen LogP contribution is 2.42. The minimum Gasteiger partial charge on any atom is -0.305 e. The van der Waals surface area contributed by atoms with Crippen molar-refractivity contribution in [2.45, 2.75) is 12.6 Å². The third-order valence-corrected chi connectivity index (χ3v) is 4.78. The smallest absolute Gasteiger partial charge is 0.305 e. The fourth-order valence-electron chi connectivity index (χ4n) is 1.81. The number of halogens is 3. The van der Waals surface area contributed by atoms with Crippen LogP contribution in [0.2, 0.25) is 0 Å². The summed E-state index contributed by atoms with van der Waals surface area (Å²) in [6.07, 6.45) is 0.357. The van der Waals surface area contributed by atoms with Crippen molar-refractivity contribution >= 4 is 34.0 Å². The number of nitrogens with zero attached hydrogens (tertiary/aromatic N) is 3. The zero-order chi connectivity index (χ0) is 17.0. The maximum absolute atomic E-state index is 13.2. The van der Waals surface area contributed by atoms with Gasteiger partial charge in [-0.25, -0.2) is 4.98 Å². The van der Waals surface area contributed by atoms with Gasteiger partial charge < -0.3 is 4.90 Å². The summed E-state index contributed by atoms with van der Waals surface area (Å²) in [7, 11) is 1.35. The Bertz CT molecular complexity index is 674. The summed E-state index contributed by atoms with van der Waals surface area (Å²) in [6, 6.07) is 3.25. The molecule has 2 rings (SSSR count). The summed E-state index contributed by atoms with van der Waals surface area (Å²) in [5.41, 5.74) is -0.555. The van der Waals surface area contributed by atoms with Crippen LogP contribution in [0.15, 0.2) is 24.5 Å². The molecular weight excluding hydrogens is 347 g/mol. The lowest BCUT2D eigenvalue weighted by molar-refractivity contribution is -0.140. The van der Waals surface area contributed by atoms with Gasteiger partial charge in [-0.2, -0.15) is 24.9 Å². The molecule has 0 spiro atoms. The van der Waals surface area contributed by atoms with Crippen LogP contribution in [0.25, 0.3) is 10.6 Å². The molecule has 0 fully saturated rings. The highest BCUT2D eigenvalue weighted by Gasteiger charge is 2.39. The average molecular weight is 361 g/mol. The molecule has 2 aromatic heterocycles. The van der Waals surface area contributed by atoms with Crippen LogP contribution in [0, 0.1) is 0 Å². The predicted octanol–water partition coefficient (Wildman–Crippen LogP) is 3.94. The molecule has 0 N–H and O–H groups in total. The fraction of sp³-hybridized carbons (Fsp3) is 0.357. The summed E-state index contributed by atoms with van der Waals surface area (Å²) in [4.78, 5) is 20.7.